The molecule has 1 aromatic carbocycles. The van der Waals surface area contributed by atoms with Crippen molar-refractivity contribution in [2.45, 2.75) is 57.8 Å². The van der Waals surface area contributed by atoms with Crippen LogP contribution >= 0.6 is 11.6 Å². The monoisotopic (exact) mass is 532 g/mol. The molecule has 10 heteroatoms. The first-order chi connectivity index (χ1) is 18.3. The number of fused-ring (bicyclic) bond motifs is 1. The number of ether oxygens (including phenoxy) is 1. The van der Waals surface area contributed by atoms with Gasteiger partial charge in [0, 0.05) is 30.4 Å². The second-order valence-corrected chi connectivity index (χ2v) is 10.9. The normalized spacial score (nSPS) is 18.5. The number of pyridine rings is 1. The van der Waals surface area contributed by atoms with E-state index in [0.29, 0.717) is 65.1 Å². The smallest absolute Gasteiger partial charge is 0.253 e. The van der Waals surface area contributed by atoms with Crippen LogP contribution in [0.25, 0.3) is 22.6 Å². The molecule has 1 N–H and O–H groups in total. The van der Waals surface area contributed by atoms with E-state index in [1.807, 2.05) is 29.7 Å². The van der Waals surface area contributed by atoms with Crippen molar-refractivity contribution in [1.29, 1.82) is 0 Å². The predicted molar refractivity (Wildman–Crippen MR) is 143 cm³/mol. The number of aromatic nitrogens is 5. The van der Waals surface area contributed by atoms with Crippen LogP contribution in [0.3, 0.4) is 0 Å². The summed E-state index contributed by atoms with van der Waals surface area (Å²) in [5.74, 6) is 0.889. The molecule has 0 spiro atoms. The number of hydrogen-bond acceptors (Lipinski definition) is 7. The number of halogens is 1. The fraction of sp³-hybridized carbons (Fsp3) is 0.393. The van der Waals surface area contributed by atoms with Crippen LogP contribution < -0.4 is 4.74 Å². The van der Waals surface area contributed by atoms with Crippen molar-refractivity contribution in [3.63, 3.8) is 0 Å². The van der Waals surface area contributed by atoms with Crippen LogP contribution in [-0.2, 0) is 6.54 Å². The minimum absolute atomic E-state index is 0.145. The second kappa shape index (κ2) is 9.63. The Bertz CT molecular complexity index is 1530. The van der Waals surface area contributed by atoms with Gasteiger partial charge in [-0.15, -0.1) is 0 Å². The highest BCUT2D eigenvalue weighted by atomic mass is 35.5. The molecule has 0 unspecified atom stereocenters. The average Bonchev–Trinajstić information content (AvgIpc) is 3.51. The number of carbonyl (C=O) groups is 1. The Labute approximate surface area is 225 Å². The van der Waals surface area contributed by atoms with Gasteiger partial charge in [0.15, 0.2) is 11.2 Å². The van der Waals surface area contributed by atoms with E-state index < -0.39 is 6.10 Å². The lowest BCUT2D eigenvalue weighted by Gasteiger charge is -2.30. The maximum Gasteiger partial charge on any atom is 0.253 e. The molecule has 1 aliphatic carbocycles. The largest absolute Gasteiger partial charge is 0.470 e. The average molecular weight is 533 g/mol. The van der Waals surface area contributed by atoms with E-state index >= 15 is 0 Å². The summed E-state index contributed by atoms with van der Waals surface area (Å²) in [6.07, 6.45) is 6.21. The number of benzene rings is 1. The van der Waals surface area contributed by atoms with Crippen LogP contribution in [0, 0.1) is 6.92 Å². The number of aryl methyl sites for hydroxylation is 1. The van der Waals surface area contributed by atoms with E-state index in [4.69, 9.17) is 21.3 Å². The topological polar surface area (TPSA) is 106 Å². The summed E-state index contributed by atoms with van der Waals surface area (Å²) in [5.41, 5.74) is 4.04. The summed E-state index contributed by atoms with van der Waals surface area (Å²) in [6.45, 7) is 5.45. The highest BCUT2D eigenvalue weighted by Gasteiger charge is 2.41. The molecule has 6 rings (SSSR count). The third-order valence-corrected chi connectivity index (χ3v) is 7.54. The fourth-order valence-electron chi connectivity index (χ4n) is 4.86. The summed E-state index contributed by atoms with van der Waals surface area (Å²) in [7, 11) is 0. The molecule has 1 aliphatic heterocycles. The van der Waals surface area contributed by atoms with Crippen molar-refractivity contribution in [3.8, 4) is 17.3 Å². The van der Waals surface area contributed by atoms with Gasteiger partial charge in [0.25, 0.3) is 5.91 Å². The van der Waals surface area contributed by atoms with Gasteiger partial charge in [0.05, 0.1) is 23.4 Å². The van der Waals surface area contributed by atoms with Gasteiger partial charge >= 0.3 is 0 Å². The molecule has 2 aliphatic rings. The van der Waals surface area contributed by atoms with Gasteiger partial charge < -0.3 is 19.3 Å². The number of amides is 1. The van der Waals surface area contributed by atoms with E-state index in [2.05, 4.69) is 21.9 Å². The van der Waals surface area contributed by atoms with Crippen LogP contribution in [0.15, 0.2) is 42.9 Å². The Morgan fingerprint density at radius 3 is 2.79 bits per heavy atom. The number of aliphatic hydroxyl groups is 1. The van der Waals surface area contributed by atoms with Gasteiger partial charge in [-0.2, -0.15) is 4.98 Å². The molecule has 196 valence electrons. The molecule has 9 nitrogen and oxygen atoms in total. The minimum atomic E-state index is -0.493. The first-order valence-electron chi connectivity index (χ1n) is 12.9. The van der Waals surface area contributed by atoms with Gasteiger partial charge in [0.2, 0.25) is 5.88 Å². The number of β-amino-alcohol motifs (C(OH)–C–C–N with tert-alkyl or cyclic N) is 1. The molecular weight excluding hydrogens is 504 g/mol. The van der Waals surface area contributed by atoms with Gasteiger partial charge in [-0.25, -0.2) is 9.97 Å². The Morgan fingerprint density at radius 2 is 2.05 bits per heavy atom. The number of aliphatic hydroxyl groups excluding tert-OH is 1. The molecule has 1 atom stereocenters. The third-order valence-electron chi connectivity index (χ3n) is 7.23. The predicted octanol–water partition coefficient (Wildman–Crippen LogP) is 4.43. The van der Waals surface area contributed by atoms with E-state index in [9.17, 15) is 9.90 Å². The van der Waals surface area contributed by atoms with E-state index in [0.717, 1.165) is 30.5 Å². The third kappa shape index (κ3) is 4.83. The number of carbonyl (C=O) groups excluding carboxylic acids is 1. The Hall–Kier alpha value is -3.56. The van der Waals surface area contributed by atoms with Gasteiger partial charge in [-0.3, -0.25) is 9.78 Å². The van der Waals surface area contributed by atoms with Crippen molar-refractivity contribution >= 4 is 28.7 Å². The first-order valence-corrected chi connectivity index (χ1v) is 13.3. The number of likely N-dealkylation sites (tertiary alicyclic amines) is 1. The molecular formula is C28H29ClN6O3. The summed E-state index contributed by atoms with van der Waals surface area (Å²) in [5, 5.41) is 10.4. The van der Waals surface area contributed by atoms with Crippen molar-refractivity contribution < 1.29 is 14.6 Å². The first kappa shape index (κ1) is 24.8. The zero-order valence-corrected chi connectivity index (χ0v) is 22.1. The molecule has 38 heavy (non-hydrogen) atoms. The molecule has 4 heterocycles. The molecule has 1 amide bonds. The van der Waals surface area contributed by atoms with Gasteiger partial charge in [-0.05, 0) is 75.4 Å². The highest BCUT2D eigenvalue weighted by Crippen LogP contribution is 2.41. The summed E-state index contributed by atoms with van der Waals surface area (Å²) >= 11 is 6.80. The molecule has 1 saturated carbocycles. The van der Waals surface area contributed by atoms with Gasteiger partial charge in [-0.1, -0.05) is 11.6 Å². The highest BCUT2D eigenvalue weighted by molar-refractivity contribution is 6.33. The van der Waals surface area contributed by atoms with Crippen LogP contribution in [0.4, 0.5) is 0 Å². The van der Waals surface area contributed by atoms with Gasteiger partial charge in [0.1, 0.15) is 17.8 Å². The summed E-state index contributed by atoms with van der Waals surface area (Å²) in [4.78, 5) is 33.2. The second-order valence-electron chi connectivity index (χ2n) is 10.5. The molecule has 2 fully saturated rings. The lowest BCUT2D eigenvalue weighted by Crippen LogP contribution is -2.42. The Morgan fingerprint density at radius 1 is 1.21 bits per heavy atom. The quantitative estimate of drug-likeness (QED) is 0.391. The van der Waals surface area contributed by atoms with Crippen molar-refractivity contribution in [3.05, 3.63) is 64.7 Å². The Balaban J connectivity index is 1.42. The molecule has 0 bridgehead atoms. The standard InChI is InChI=1S/C28H29ClN6O3/c1-17-7-10-30-19(12-17)14-35-24(33-23-25(35)31-16-32-26(23)38-28(2)8-9-28)21-6-5-18(13-22(21)29)27(37)34-11-3-4-20(36)15-34/h5-7,10,12-13,16,20,36H,3-4,8-9,11,14-15H2,1-2H3/t20-/m0/s1. The lowest BCUT2D eigenvalue weighted by molar-refractivity contribution is 0.0474. The molecule has 3 aromatic heterocycles. The molecule has 1 saturated heterocycles. The number of nitrogens with zero attached hydrogens (tertiary/aromatic N) is 6. The maximum absolute atomic E-state index is 13.1. The minimum Gasteiger partial charge on any atom is -0.470 e. The van der Waals surface area contributed by atoms with Crippen molar-refractivity contribution in [1.82, 2.24) is 29.4 Å². The maximum atomic E-state index is 13.1. The van der Waals surface area contributed by atoms with E-state index in [1.165, 1.54) is 6.33 Å². The van der Waals surface area contributed by atoms with Crippen LogP contribution in [-0.4, -0.2) is 65.2 Å². The summed E-state index contributed by atoms with van der Waals surface area (Å²) < 4.78 is 8.17. The van der Waals surface area contributed by atoms with Crippen molar-refractivity contribution in [2.75, 3.05) is 13.1 Å². The number of rotatable bonds is 6. The van der Waals surface area contributed by atoms with Crippen LogP contribution in [0.1, 0.15) is 54.2 Å². The SMILES string of the molecule is Cc1ccnc(Cn2c(-c3ccc(C(=O)N4CCC[C@H](O)C4)cc3Cl)nc3c(OC4(C)CC4)ncnc32)c1. The zero-order valence-electron chi connectivity index (χ0n) is 21.4. The number of imidazole rings is 1. The molecule has 0 radical (unpaired) electrons. The van der Waals surface area contributed by atoms with E-state index in [1.54, 1.807) is 23.2 Å². The number of piperidine rings is 1. The van der Waals surface area contributed by atoms with Crippen LogP contribution in [0.2, 0.25) is 5.02 Å². The number of hydrogen-bond donors (Lipinski definition) is 1. The molecule has 4 aromatic rings. The summed E-state index contributed by atoms with van der Waals surface area (Å²) in [6, 6.07) is 9.22. The van der Waals surface area contributed by atoms with Crippen molar-refractivity contribution in [2.24, 2.45) is 0 Å². The zero-order chi connectivity index (χ0) is 26.4. The van der Waals surface area contributed by atoms with Crippen LogP contribution in [0.5, 0.6) is 5.88 Å². The Kier molecular flexibility index (Phi) is 6.28. The van der Waals surface area contributed by atoms with E-state index in [-0.39, 0.29) is 11.5 Å². The fourth-order valence-corrected chi connectivity index (χ4v) is 5.12. The lowest BCUT2D eigenvalue weighted by atomic mass is 10.1.